The molecule has 26 heavy (non-hydrogen) atoms. The van der Waals surface area contributed by atoms with E-state index >= 15 is 0 Å². The molecule has 1 heterocycles. The van der Waals surface area contributed by atoms with Gasteiger partial charge in [-0.3, -0.25) is 9.78 Å². The highest BCUT2D eigenvalue weighted by molar-refractivity contribution is 5.98. The highest BCUT2D eigenvalue weighted by Crippen LogP contribution is 2.23. The van der Waals surface area contributed by atoms with Gasteiger partial charge in [0, 0.05) is 24.5 Å². The van der Waals surface area contributed by atoms with Crippen LogP contribution in [0.1, 0.15) is 21.6 Å². The van der Waals surface area contributed by atoms with Crippen LogP contribution in [0, 0.1) is 6.92 Å². The zero-order valence-electron chi connectivity index (χ0n) is 15.0. The summed E-state index contributed by atoms with van der Waals surface area (Å²) in [5.41, 5.74) is 3.01. The van der Waals surface area contributed by atoms with Gasteiger partial charge in [0.2, 0.25) is 0 Å². The van der Waals surface area contributed by atoms with Gasteiger partial charge in [0.15, 0.2) is 0 Å². The Labute approximate surface area is 152 Å². The second kappa shape index (κ2) is 7.97. The molecule has 0 saturated heterocycles. The van der Waals surface area contributed by atoms with Crippen molar-refractivity contribution in [1.29, 1.82) is 0 Å². The molecular weight excluding hydrogens is 328 g/mol. The number of rotatable bonds is 6. The van der Waals surface area contributed by atoms with Gasteiger partial charge in [-0.1, -0.05) is 30.3 Å². The number of pyridine rings is 1. The van der Waals surface area contributed by atoms with Gasteiger partial charge < -0.3 is 14.7 Å². The maximum Gasteiger partial charge on any atom is 0.256 e. The fourth-order valence-electron chi connectivity index (χ4n) is 2.93. The summed E-state index contributed by atoms with van der Waals surface area (Å²) in [7, 11) is 1.61. The molecule has 0 saturated carbocycles. The number of fused-ring (bicyclic) bond motifs is 1. The van der Waals surface area contributed by atoms with Gasteiger partial charge in [0.25, 0.3) is 5.91 Å². The maximum atomic E-state index is 13.1. The summed E-state index contributed by atoms with van der Waals surface area (Å²) in [5.74, 6) is 0.597. The Morgan fingerprint density at radius 3 is 2.62 bits per heavy atom. The fourth-order valence-corrected chi connectivity index (χ4v) is 2.93. The first-order valence-corrected chi connectivity index (χ1v) is 8.52. The van der Waals surface area contributed by atoms with Gasteiger partial charge in [-0.15, -0.1) is 0 Å². The lowest BCUT2D eigenvalue weighted by Crippen LogP contribution is -2.33. The van der Waals surface area contributed by atoms with Crippen molar-refractivity contribution < 1.29 is 14.6 Å². The molecule has 5 heteroatoms. The lowest BCUT2D eigenvalue weighted by Gasteiger charge is -2.23. The normalized spacial score (nSPS) is 10.7. The van der Waals surface area contributed by atoms with Crippen LogP contribution >= 0.6 is 0 Å². The Hall–Kier alpha value is -2.92. The molecule has 3 rings (SSSR count). The number of ether oxygens (including phenoxy) is 1. The predicted molar refractivity (Wildman–Crippen MR) is 101 cm³/mol. The summed E-state index contributed by atoms with van der Waals surface area (Å²) in [6.07, 6.45) is 0. The van der Waals surface area contributed by atoms with Gasteiger partial charge in [-0.2, -0.15) is 0 Å². The second-order valence-electron chi connectivity index (χ2n) is 6.12. The van der Waals surface area contributed by atoms with E-state index in [0.717, 1.165) is 22.2 Å². The van der Waals surface area contributed by atoms with E-state index in [1.165, 1.54) is 0 Å². The van der Waals surface area contributed by atoms with Crippen molar-refractivity contribution in [3.63, 3.8) is 0 Å². The Balaban J connectivity index is 1.94. The first-order valence-electron chi connectivity index (χ1n) is 8.52. The first kappa shape index (κ1) is 17.9. The quantitative estimate of drug-likeness (QED) is 0.742. The molecule has 1 amide bonds. The number of hydrogen-bond donors (Lipinski definition) is 1. The Kier molecular flexibility index (Phi) is 5.49. The summed E-state index contributed by atoms with van der Waals surface area (Å²) in [5, 5.41) is 10.3. The third-order valence-corrected chi connectivity index (χ3v) is 4.32. The average Bonchev–Trinajstić information content (AvgIpc) is 2.67. The second-order valence-corrected chi connectivity index (χ2v) is 6.12. The Morgan fingerprint density at radius 2 is 1.92 bits per heavy atom. The van der Waals surface area contributed by atoms with Crippen LogP contribution in [0.15, 0.2) is 54.6 Å². The molecule has 0 aliphatic rings. The zero-order chi connectivity index (χ0) is 18.5. The molecular formula is C21H22N2O3. The molecule has 2 aromatic carbocycles. The number of amides is 1. The number of carbonyl (C=O) groups excluding carboxylic acids is 1. The van der Waals surface area contributed by atoms with Crippen LogP contribution < -0.4 is 4.74 Å². The van der Waals surface area contributed by atoms with E-state index < -0.39 is 0 Å². The van der Waals surface area contributed by atoms with Gasteiger partial charge in [-0.25, -0.2) is 0 Å². The van der Waals surface area contributed by atoms with Crippen molar-refractivity contribution in [1.82, 2.24) is 9.88 Å². The van der Waals surface area contributed by atoms with Crippen molar-refractivity contribution in [2.45, 2.75) is 13.5 Å². The van der Waals surface area contributed by atoms with Crippen molar-refractivity contribution in [3.8, 4) is 5.75 Å². The van der Waals surface area contributed by atoms with Gasteiger partial charge >= 0.3 is 0 Å². The van der Waals surface area contributed by atoms with E-state index in [1.54, 1.807) is 12.0 Å². The fraction of sp³-hybridized carbons (Fsp3) is 0.238. The van der Waals surface area contributed by atoms with Crippen LogP contribution in [0.5, 0.6) is 5.75 Å². The minimum Gasteiger partial charge on any atom is -0.497 e. The highest BCUT2D eigenvalue weighted by atomic mass is 16.5. The van der Waals surface area contributed by atoms with E-state index in [4.69, 9.17) is 4.74 Å². The van der Waals surface area contributed by atoms with E-state index in [0.29, 0.717) is 17.8 Å². The lowest BCUT2D eigenvalue weighted by molar-refractivity contribution is 0.0707. The van der Waals surface area contributed by atoms with Crippen molar-refractivity contribution in [3.05, 3.63) is 71.4 Å². The van der Waals surface area contributed by atoms with E-state index in [-0.39, 0.29) is 19.1 Å². The summed E-state index contributed by atoms with van der Waals surface area (Å²) in [6, 6.07) is 17.2. The molecule has 134 valence electrons. The zero-order valence-corrected chi connectivity index (χ0v) is 15.0. The van der Waals surface area contributed by atoms with Crippen LogP contribution in [0.2, 0.25) is 0 Å². The summed E-state index contributed by atoms with van der Waals surface area (Å²) < 4.78 is 5.23. The van der Waals surface area contributed by atoms with Crippen LogP contribution in [0.4, 0.5) is 0 Å². The number of aliphatic hydroxyl groups is 1. The van der Waals surface area contributed by atoms with Crippen molar-refractivity contribution in [2.75, 3.05) is 20.3 Å². The number of aryl methyl sites for hydroxylation is 1. The molecule has 1 N–H and O–H groups in total. The lowest BCUT2D eigenvalue weighted by atomic mass is 10.1. The SMILES string of the molecule is COc1ccc2cc(C(=O)N(CCO)Cc3ccccc3)c(C)nc2c1. The first-order chi connectivity index (χ1) is 12.6. The molecule has 1 aromatic heterocycles. The van der Waals surface area contributed by atoms with Crippen LogP contribution in [0.25, 0.3) is 10.9 Å². The van der Waals surface area contributed by atoms with E-state index in [1.807, 2.05) is 61.5 Å². The minimum atomic E-state index is -0.134. The van der Waals surface area contributed by atoms with Gasteiger partial charge in [0.05, 0.1) is 30.5 Å². The number of carbonyl (C=O) groups is 1. The van der Waals surface area contributed by atoms with E-state index in [9.17, 15) is 9.90 Å². The number of aromatic nitrogens is 1. The molecule has 0 fully saturated rings. The Bertz CT molecular complexity index is 910. The molecule has 0 aliphatic heterocycles. The standard InChI is InChI=1S/C21H22N2O3/c1-15-19(12-17-8-9-18(26-2)13-20(17)22-15)21(25)23(10-11-24)14-16-6-4-3-5-7-16/h3-9,12-13,24H,10-11,14H2,1-2H3. The minimum absolute atomic E-state index is 0.0875. The largest absolute Gasteiger partial charge is 0.497 e. The van der Waals surface area contributed by atoms with E-state index in [2.05, 4.69) is 4.98 Å². The van der Waals surface area contributed by atoms with Crippen LogP contribution in [-0.4, -0.2) is 41.2 Å². The molecule has 0 aliphatic carbocycles. The number of methoxy groups -OCH3 is 1. The van der Waals surface area contributed by atoms with Gasteiger partial charge in [0.1, 0.15) is 5.75 Å². The number of hydrogen-bond acceptors (Lipinski definition) is 4. The molecule has 0 unspecified atom stereocenters. The topological polar surface area (TPSA) is 62.7 Å². The molecule has 5 nitrogen and oxygen atoms in total. The third kappa shape index (κ3) is 3.83. The molecule has 0 radical (unpaired) electrons. The predicted octanol–water partition coefficient (Wildman–Crippen LogP) is 3.19. The highest BCUT2D eigenvalue weighted by Gasteiger charge is 2.19. The number of aliphatic hydroxyl groups excluding tert-OH is 1. The van der Waals surface area contributed by atoms with Crippen molar-refractivity contribution in [2.24, 2.45) is 0 Å². The third-order valence-electron chi connectivity index (χ3n) is 4.32. The molecule has 0 atom stereocenters. The molecule has 0 bridgehead atoms. The summed E-state index contributed by atoms with van der Waals surface area (Å²) in [4.78, 5) is 19.3. The van der Waals surface area contributed by atoms with Crippen LogP contribution in [-0.2, 0) is 6.54 Å². The smallest absolute Gasteiger partial charge is 0.256 e. The summed E-state index contributed by atoms with van der Waals surface area (Å²) in [6.45, 7) is 2.45. The monoisotopic (exact) mass is 350 g/mol. The number of benzene rings is 2. The molecule has 3 aromatic rings. The molecule has 0 spiro atoms. The Morgan fingerprint density at radius 1 is 1.15 bits per heavy atom. The maximum absolute atomic E-state index is 13.1. The summed E-state index contributed by atoms with van der Waals surface area (Å²) >= 11 is 0. The van der Waals surface area contributed by atoms with Crippen LogP contribution in [0.3, 0.4) is 0 Å². The van der Waals surface area contributed by atoms with Gasteiger partial charge in [-0.05, 0) is 30.7 Å². The average molecular weight is 350 g/mol. The number of nitrogens with zero attached hydrogens (tertiary/aromatic N) is 2. The van der Waals surface area contributed by atoms with Crippen molar-refractivity contribution >= 4 is 16.8 Å².